The van der Waals surface area contributed by atoms with Gasteiger partial charge in [0.2, 0.25) is 5.88 Å². The minimum absolute atomic E-state index is 0.00735. The molecule has 33 heavy (non-hydrogen) atoms. The fourth-order valence-corrected chi connectivity index (χ4v) is 6.13. The molecule has 1 atom stereocenters. The van der Waals surface area contributed by atoms with Gasteiger partial charge < -0.3 is 10.5 Å². The standard InChI is InChI=1S/C25H20N4O3S/c1-16-8-10-17(11-9-16)15-29-21-7-3-2-6-19(21)23-24(33(29,30)31)22(18-5-4-12-28-14-18)20(13-26)25(27)32-23/h2-12,14,22H,15,27H2,1H3/t22-/m0/s1. The Morgan fingerprint density at radius 1 is 1.12 bits per heavy atom. The number of rotatable bonds is 3. The van der Waals surface area contributed by atoms with Crippen LogP contribution in [0.1, 0.15) is 28.2 Å². The third-order valence-corrected chi connectivity index (χ3v) is 7.71. The molecule has 0 radical (unpaired) electrons. The van der Waals surface area contributed by atoms with Crippen LogP contribution in [-0.4, -0.2) is 13.4 Å². The molecule has 0 aliphatic carbocycles. The summed E-state index contributed by atoms with van der Waals surface area (Å²) in [6.45, 7) is 2.11. The van der Waals surface area contributed by atoms with Gasteiger partial charge in [0.25, 0.3) is 10.0 Å². The van der Waals surface area contributed by atoms with Crippen molar-refractivity contribution >= 4 is 21.5 Å². The SMILES string of the molecule is Cc1ccc(CN2c3ccccc3C3=C([C@@H](c4cccnc4)C(C#N)=C(N)O3)S2(=O)=O)cc1. The fraction of sp³-hybridized carbons (Fsp3) is 0.120. The summed E-state index contributed by atoms with van der Waals surface area (Å²) in [7, 11) is -4.09. The second-order valence-electron chi connectivity index (χ2n) is 7.92. The van der Waals surface area contributed by atoms with Gasteiger partial charge in [0.05, 0.1) is 18.2 Å². The lowest BCUT2D eigenvalue weighted by Crippen LogP contribution is -2.39. The van der Waals surface area contributed by atoms with E-state index in [1.54, 1.807) is 42.7 Å². The number of anilines is 1. The predicted molar refractivity (Wildman–Crippen MR) is 125 cm³/mol. The Balaban J connectivity index is 1.75. The van der Waals surface area contributed by atoms with Gasteiger partial charge in [0.15, 0.2) is 5.76 Å². The van der Waals surface area contributed by atoms with Crippen LogP contribution in [0.2, 0.25) is 0 Å². The van der Waals surface area contributed by atoms with E-state index in [9.17, 15) is 13.7 Å². The molecular formula is C25H20N4O3S. The highest BCUT2D eigenvalue weighted by molar-refractivity contribution is 7.96. The van der Waals surface area contributed by atoms with Crippen LogP contribution in [0.25, 0.3) is 5.76 Å². The molecular weight excluding hydrogens is 436 g/mol. The van der Waals surface area contributed by atoms with Crippen LogP contribution in [0, 0.1) is 18.3 Å². The Morgan fingerprint density at radius 2 is 1.88 bits per heavy atom. The first-order valence-electron chi connectivity index (χ1n) is 10.3. The number of pyridine rings is 1. The second-order valence-corrected chi connectivity index (χ2v) is 9.75. The van der Waals surface area contributed by atoms with E-state index in [1.165, 1.54) is 4.31 Å². The first-order chi connectivity index (χ1) is 15.9. The predicted octanol–water partition coefficient (Wildman–Crippen LogP) is 3.92. The van der Waals surface area contributed by atoms with Gasteiger partial charge in [-0.15, -0.1) is 0 Å². The van der Waals surface area contributed by atoms with Gasteiger partial charge in [-0.2, -0.15) is 5.26 Å². The van der Waals surface area contributed by atoms with E-state index in [4.69, 9.17) is 10.5 Å². The Hall–Kier alpha value is -4.09. The van der Waals surface area contributed by atoms with Crippen molar-refractivity contribution in [2.75, 3.05) is 4.31 Å². The molecule has 0 saturated carbocycles. The zero-order valence-corrected chi connectivity index (χ0v) is 18.6. The molecule has 5 rings (SSSR count). The molecule has 2 aliphatic heterocycles. The summed E-state index contributed by atoms with van der Waals surface area (Å²) in [6, 6.07) is 20.3. The number of allylic oxidation sites excluding steroid dienone is 2. The van der Waals surface area contributed by atoms with E-state index in [1.807, 2.05) is 37.3 Å². The number of fused-ring (bicyclic) bond motifs is 2. The number of aromatic nitrogens is 1. The number of hydrogen-bond donors (Lipinski definition) is 1. The molecule has 8 heteroatoms. The molecule has 2 aromatic carbocycles. The first-order valence-corrected chi connectivity index (χ1v) is 11.7. The van der Waals surface area contributed by atoms with Crippen LogP contribution in [0.15, 0.2) is 89.4 Å². The van der Waals surface area contributed by atoms with E-state index >= 15 is 0 Å². The van der Waals surface area contributed by atoms with Crippen molar-refractivity contribution in [1.82, 2.24) is 4.98 Å². The van der Waals surface area contributed by atoms with Crippen LogP contribution in [-0.2, 0) is 21.3 Å². The highest BCUT2D eigenvalue weighted by Crippen LogP contribution is 2.51. The molecule has 0 saturated heterocycles. The molecule has 0 amide bonds. The number of hydrogen-bond acceptors (Lipinski definition) is 6. The number of nitriles is 1. The molecule has 3 heterocycles. The van der Waals surface area contributed by atoms with Gasteiger partial charge in [0.1, 0.15) is 16.5 Å². The largest absolute Gasteiger partial charge is 0.439 e. The Kier molecular flexibility index (Phi) is 4.91. The van der Waals surface area contributed by atoms with Crippen LogP contribution >= 0.6 is 0 Å². The maximum absolute atomic E-state index is 14.1. The first kappa shape index (κ1) is 20.8. The molecule has 0 bridgehead atoms. The van der Waals surface area contributed by atoms with E-state index < -0.39 is 15.9 Å². The van der Waals surface area contributed by atoms with Crippen molar-refractivity contribution in [2.45, 2.75) is 19.4 Å². The van der Waals surface area contributed by atoms with Crippen molar-refractivity contribution < 1.29 is 13.2 Å². The maximum Gasteiger partial charge on any atom is 0.265 e. The highest BCUT2D eigenvalue weighted by Gasteiger charge is 2.47. The highest BCUT2D eigenvalue weighted by atomic mass is 32.2. The van der Waals surface area contributed by atoms with Crippen LogP contribution in [0.4, 0.5) is 5.69 Å². The average molecular weight is 457 g/mol. The van der Waals surface area contributed by atoms with Gasteiger partial charge in [0, 0.05) is 18.0 Å². The topological polar surface area (TPSA) is 109 Å². The monoisotopic (exact) mass is 456 g/mol. The number of nitrogens with zero attached hydrogens (tertiary/aromatic N) is 3. The second kappa shape index (κ2) is 7.80. The summed E-state index contributed by atoms with van der Waals surface area (Å²) in [5.41, 5.74) is 9.73. The molecule has 2 aliphatic rings. The number of benzene rings is 2. The number of sulfonamides is 1. The average Bonchev–Trinajstić information content (AvgIpc) is 2.82. The molecule has 164 valence electrons. The Morgan fingerprint density at radius 3 is 2.58 bits per heavy atom. The summed E-state index contributed by atoms with van der Waals surface area (Å²) in [5.74, 6) is -0.885. The number of ether oxygens (including phenoxy) is 1. The van der Waals surface area contributed by atoms with E-state index in [0.717, 1.165) is 11.1 Å². The molecule has 2 N–H and O–H groups in total. The molecule has 1 aromatic heterocycles. The zero-order valence-electron chi connectivity index (χ0n) is 17.8. The van der Waals surface area contributed by atoms with Crippen molar-refractivity contribution in [2.24, 2.45) is 5.73 Å². The third-order valence-electron chi connectivity index (χ3n) is 5.82. The van der Waals surface area contributed by atoms with Gasteiger partial charge in [-0.25, -0.2) is 8.42 Å². The van der Waals surface area contributed by atoms with Gasteiger partial charge in [-0.05, 0) is 36.2 Å². The zero-order chi connectivity index (χ0) is 23.2. The molecule has 7 nitrogen and oxygen atoms in total. The van der Waals surface area contributed by atoms with Crippen LogP contribution in [0.5, 0.6) is 0 Å². The molecule has 0 fully saturated rings. The van der Waals surface area contributed by atoms with Crippen molar-refractivity contribution in [3.05, 3.63) is 112 Å². The van der Waals surface area contributed by atoms with Crippen molar-refractivity contribution in [3.63, 3.8) is 0 Å². The van der Waals surface area contributed by atoms with Crippen LogP contribution in [0.3, 0.4) is 0 Å². The van der Waals surface area contributed by atoms with Crippen LogP contribution < -0.4 is 10.0 Å². The summed E-state index contributed by atoms with van der Waals surface area (Å²) >= 11 is 0. The Bertz CT molecular complexity index is 1450. The summed E-state index contributed by atoms with van der Waals surface area (Å²) in [4.78, 5) is 4.13. The summed E-state index contributed by atoms with van der Waals surface area (Å²) in [5, 5.41) is 9.86. The molecule has 0 spiro atoms. The Labute approximate surface area is 192 Å². The number of para-hydroxylation sites is 1. The van der Waals surface area contributed by atoms with E-state index in [0.29, 0.717) is 16.8 Å². The van der Waals surface area contributed by atoms with Gasteiger partial charge in [-0.3, -0.25) is 9.29 Å². The maximum atomic E-state index is 14.1. The fourth-order valence-electron chi connectivity index (χ4n) is 4.22. The smallest absolute Gasteiger partial charge is 0.265 e. The summed E-state index contributed by atoms with van der Waals surface area (Å²) in [6.07, 6.45) is 3.14. The van der Waals surface area contributed by atoms with Crippen molar-refractivity contribution in [1.29, 1.82) is 5.26 Å². The minimum Gasteiger partial charge on any atom is -0.439 e. The number of nitrogens with two attached hydrogens (primary N) is 1. The third kappa shape index (κ3) is 3.34. The lowest BCUT2D eigenvalue weighted by Gasteiger charge is -2.38. The van der Waals surface area contributed by atoms with E-state index in [2.05, 4.69) is 11.1 Å². The van der Waals surface area contributed by atoms with Crippen molar-refractivity contribution in [3.8, 4) is 6.07 Å². The normalized spacial score (nSPS) is 18.8. The quantitative estimate of drug-likeness (QED) is 0.640. The van der Waals surface area contributed by atoms with E-state index in [-0.39, 0.29) is 28.7 Å². The number of aryl methyl sites for hydroxylation is 1. The lowest BCUT2D eigenvalue weighted by molar-refractivity contribution is 0.357. The van der Waals surface area contributed by atoms with Gasteiger partial charge in [-0.1, -0.05) is 48.0 Å². The van der Waals surface area contributed by atoms with Gasteiger partial charge >= 0.3 is 0 Å². The lowest BCUT2D eigenvalue weighted by atomic mass is 9.89. The molecule has 3 aromatic rings. The molecule has 0 unspecified atom stereocenters. The minimum atomic E-state index is -4.09. The summed E-state index contributed by atoms with van der Waals surface area (Å²) < 4.78 is 35.4.